The first-order chi connectivity index (χ1) is 8.50. The monoisotopic (exact) mass is 271 g/mol. The van der Waals surface area contributed by atoms with Crippen LogP contribution in [0.4, 0.5) is 0 Å². The molecule has 1 heterocycles. The summed E-state index contributed by atoms with van der Waals surface area (Å²) in [6.45, 7) is 0. The number of aromatic nitrogens is 1. The van der Waals surface area contributed by atoms with Crippen LogP contribution in [-0.2, 0) is 9.59 Å². The maximum atomic E-state index is 11.4. The highest BCUT2D eigenvalue weighted by molar-refractivity contribution is 8.00. The van der Waals surface area contributed by atoms with E-state index in [1.54, 1.807) is 12.3 Å². The third-order valence-electron chi connectivity index (χ3n) is 1.94. The molecule has 1 atom stereocenters. The summed E-state index contributed by atoms with van der Waals surface area (Å²) in [7, 11) is 0. The van der Waals surface area contributed by atoms with E-state index in [2.05, 4.69) is 10.3 Å². The van der Waals surface area contributed by atoms with Crippen LogP contribution in [0, 0.1) is 0 Å². The van der Waals surface area contributed by atoms with E-state index in [9.17, 15) is 14.4 Å². The molecule has 0 bridgehead atoms. The summed E-state index contributed by atoms with van der Waals surface area (Å²) in [6, 6.07) is 2.16. The molecule has 1 rings (SSSR count). The highest BCUT2D eigenvalue weighted by Gasteiger charge is 2.14. The predicted octanol–water partition coefficient (Wildman–Crippen LogP) is -0.584. The third-order valence-corrected chi connectivity index (χ3v) is 3.00. The molecule has 1 aromatic rings. The second kappa shape index (κ2) is 6.82. The standard InChI is InChI=1S/C10H13N3O4S/c11-6(10(16)17)4-18-5-8(14)13-9(15)7-2-1-3-12-7/h1-3,6,12H,4-5,11H2,(H,16,17)(H,13,14,15)/t6-/m1/s1. The summed E-state index contributed by atoms with van der Waals surface area (Å²) in [5, 5.41) is 10.7. The number of aliphatic carboxylic acids is 1. The summed E-state index contributed by atoms with van der Waals surface area (Å²) in [5.41, 5.74) is 5.54. The molecule has 8 heteroatoms. The number of carboxylic acid groups (broad SMARTS) is 1. The first-order valence-corrected chi connectivity index (χ1v) is 6.20. The van der Waals surface area contributed by atoms with Crippen LogP contribution in [0.1, 0.15) is 10.5 Å². The molecular formula is C10H13N3O4S. The second-order valence-electron chi connectivity index (χ2n) is 3.42. The molecule has 0 aliphatic rings. The molecule has 0 aromatic carbocycles. The van der Waals surface area contributed by atoms with E-state index in [0.29, 0.717) is 0 Å². The molecule has 1 aromatic heterocycles. The molecular weight excluding hydrogens is 258 g/mol. The van der Waals surface area contributed by atoms with Crippen molar-refractivity contribution in [3.63, 3.8) is 0 Å². The summed E-state index contributed by atoms with van der Waals surface area (Å²) in [4.78, 5) is 35.8. The Labute approximate surface area is 107 Å². The molecule has 0 saturated heterocycles. The van der Waals surface area contributed by atoms with Gasteiger partial charge >= 0.3 is 5.97 Å². The van der Waals surface area contributed by atoms with Gasteiger partial charge in [-0.3, -0.25) is 19.7 Å². The van der Waals surface area contributed by atoms with E-state index < -0.39 is 23.8 Å². The van der Waals surface area contributed by atoms with Gasteiger partial charge in [-0.05, 0) is 12.1 Å². The molecule has 0 aliphatic heterocycles. The Morgan fingerprint density at radius 2 is 2.22 bits per heavy atom. The number of nitrogens with two attached hydrogens (primary N) is 1. The molecule has 7 nitrogen and oxygen atoms in total. The van der Waals surface area contributed by atoms with Crippen molar-refractivity contribution in [2.75, 3.05) is 11.5 Å². The number of hydrogen-bond donors (Lipinski definition) is 4. The first-order valence-electron chi connectivity index (χ1n) is 5.04. The lowest BCUT2D eigenvalue weighted by Crippen LogP contribution is -2.35. The molecule has 0 unspecified atom stereocenters. The summed E-state index contributed by atoms with van der Waals surface area (Å²) >= 11 is 1.06. The van der Waals surface area contributed by atoms with Gasteiger partial charge in [-0.25, -0.2) is 0 Å². The van der Waals surface area contributed by atoms with Gasteiger partial charge in [-0.2, -0.15) is 0 Å². The number of carboxylic acids is 1. The van der Waals surface area contributed by atoms with Crippen molar-refractivity contribution in [2.24, 2.45) is 5.73 Å². The van der Waals surface area contributed by atoms with Crippen LogP contribution in [0.15, 0.2) is 18.3 Å². The Kier molecular flexibility index (Phi) is 5.40. The normalized spacial score (nSPS) is 11.8. The molecule has 18 heavy (non-hydrogen) atoms. The Balaban J connectivity index is 2.26. The van der Waals surface area contributed by atoms with Gasteiger partial charge in [0.2, 0.25) is 5.91 Å². The zero-order chi connectivity index (χ0) is 13.5. The number of nitrogens with one attached hydrogen (secondary N) is 2. The number of H-pyrrole nitrogens is 1. The number of hydrogen-bond acceptors (Lipinski definition) is 5. The highest BCUT2D eigenvalue weighted by atomic mass is 32.2. The van der Waals surface area contributed by atoms with Crippen LogP contribution in [0.2, 0.25) is 0 Å². The Hall–Kier alpha value is -1.80. The highest BCUT2D eigenvalue weighted by Crippen LogP contribution is 2.02. The molecule has 5 N–H and O–H groups in total. The number of amides is 2. The zero-order valence-electron chi connectivity index (χ0n) is 9.38. The molecule has 98 valence electrons. The topological polar surface area (TPSA) is 125 Å². The lowest BCUT2D eigenvalue weighted by Gasteiger charge is -2.05. The van der Waals surface area contributed by atoms with Gasteiger partial charge in [0.15, 0.2) is 0 Å². The molecule has 0 spiro atoms. The number of carbonyl (C=O) groups excluding carboxylic acids is 2. The van der Waals surface area contributed by atoms with E-state index in [-0.39, 0.29) is 17.2 Å². The van der Waals surface area contributed by atoms with Gasteiger partial charge < -0.3 is 15.8 Å². The first kappa shape index (κ1) is 14.3. The Bertz CT molecular complexity index is 432. The minimum atomic E-state index is -1.12. The summed E-state index contributed by atoms with van der Waals surface area (Å²) in [6.07, 6.45) is 1.57. The predicted molar refractivity (Wildman–Crippen MR) is 66.2 cm³/mol. The SMILES string of the molecule is N[C@H](CSCC(=O)NC(=O)c1ccc[nH]1)C(=O)O. The number of rotatable bonds is 6. The van der Waals surface area contributed by atoms with Gasteiger partial charge in [0, 0.05) is 11.9 Å². The average Bonchev–Trinajstić information content (AvgIpc) is 2.81. The van der Waals surface area contributed by atoms with Crippen LogP contribution in [0.3, 0.4) is 0 Å². The smallest absolute Gasteiger partial charge is 0.321 e. The summed E-state index contributed by atoms with van der Waals surface area (Å²) < 4.78 is 0. The van der Waals surface area contributed by atoms with Crippen LogP contribution in [0.5, 0.6) is 0 Å². The molecule has 0 radical (unpaired) electrons. The van der Waals surface area contributed by atoms with Crippen molar-refractivity contribution in [3.8, 4) is 0 Å². The van der Waals surface area contributed by atoms with Crippen LogP contribution < -0.4 is 11.1 Å². The maximum absolute atomic E-state index is 11.4. The third kappa shape index (κ3) is 4.60. The zero-order valence-corrected chi connectivity index (χ0v) is 10.2. The second-order valence-corrected chi connectivity index (χ2v) is 4.45. The Morgan fingerprint density at radius 3 is 2.78 bits per heavy atom. The van der Waals surface area contributed by atoms with Crippen molar-refractivity contribution in [1.29, 1.82) is 0 Å². The van der Waals surface area contributed by atoms with Crippen molar-refractivity contribution < 1.29 is 19.5 Å². The maximum Gasteiger partial charge on any atom is 0.321 e. The van der Waals surface area contributed by atoms with E-state index in [0.717, 1.165) is 11.8 Å². The molecule has 0 fully saturated rings. The van der Waals surface area contributed by atoms with Crippen LogP contribution >= 0.6 is 11.8 Å². The fraction of sp³-hybridized carbons (Fsp3) is 0.300. The average molecular weight is 271 g/mol. The Morgan fingerprint density at radius 1 is 1.50 bits per heavy atom. The molecule has 0 saturated carbocycles. The van der Waals surface area contributed by atoms with Gasteiger partial charge in [-0.1, -0.05) is 0 Å². The van der Waals surface area contributed by atoms with E-state index in [4.69, 9.17) is 10.8 Å². The van der Waals surface area contributed by atoms with Crippen LogP contribution in [-0.4, -0.2) is 45.4 Å². The number of thioether (sulfide) groups is 1. The van der Waals surface area contributed by atoms with Gasteiger partial charge in [0.05, 0.1) is 5.75 Å². The van der Waals surface area contributed by atoms with E-state index >= 15 is 0 Å². The minimum Gasteiger partial charge on any atom is -0.480 e. The van der Waals surface area contributed by atoms with Crippen molar-refractivity contribution in [3.05, 3.63) is 24.0 Å². The number of aromatic amines is 1. The van der Waals surface area contributed by atoms with E-state index in [1.807, 2.05) is 0 Å². The molecule has 0 aliphatic carbocycles. The fourth-order valence-corrected chi connectivity index (χ4v) is 1.82. The number of carbonyl (C=O) groups is 3. The fourth-order valence-electron chi connectivity index (χ4n) is 1.05. The van der Waals surface area contributed by atoms with Crippen molar-refractivity contribution in [2.45, 2.75) is 6.04 Å². The largest absolute Gasteiger partial charge is 0.480 e. The number of imide groups is 1. The van der Waals surface area contributed by atoms with Crippen molar-refractivity contribution >= 4 is 29.5 Å². The quantitative estimate of drug-likeness (QED) is 0.548. The van der Waals surface area contributed by atoms with Gasteiger partial charge in [-0.15, -0.1) is 11.8 Å². The minimum absolute atomic E-state index is 0.0204. The summed E-state index contributed by atoms with van der Waals surface area (Å²) in [5.74, 6) is -2.04. The lowest BCUT2D eigenvalue weighted by atomic mass is 10.4. The van der Waals surface area contributed by atoms with E-state index in [1.165, 1.54) is 6.07 Å². The van der Waals surface area contributed by atoms with Gasteiger partial charge in [0.25, 0.3) is 5.91 Å². The lowest BCUT2D eigenvalue weighted by molar-refractivity contribution is -0.138. The van der Waals surface area contributed by atoms with Crippen molar-refractivity contribution in [1.82, 2.24) is 10.3 Å². The van der Waals surface area contributed by atoms with Crippen LogP contribution in [0.25, 0.3) is 0 Å². The van der Waals surface area contributed by atoms with Gasteiger partial charge in [0.1, 0.15) is 11.7 Å². The molecule has 2 amide bonds.